The summed E-state index contributed by atoms with van der Waals surface area (Å²) >= 11 is 6.10. The van der Waals surface area contributed by atoms with Gasteiger partial charge in [0.1, 0.15) is 11.5 Å². The second-order valence-corrected chi connectivity index (χ2v) is 13.2. The summed E-state index contributed by atoms with van der Waals surface area (Å²) in [7, 11) is 0. The largest absolute Gasteiger partial charge is 0.507 e. The molecule has 3 rings (SSSR count). The maximum absolute atomic E-state index is 11.7. The van der Waals surface area contributed by atoms with Crippen LogP contribution >= 0.6 is 35.3 Å². The van der Waals surface area contributed by atoms with E-state index in [4.69, 9.17) is 9.84 Å². The zero-order chi connectivity index (χ0) is 23.1. The van der Waals surface area contributed by atoms with Crippen LogP contribution in [0, 0.1) is 5.92 Å². The minimum atomic E-state index is -0.666. The Balaban J connectivity index is 1.37. The van der Waals surface area contributed by atoms with E-state index in [-0.39, 0.29) is 15.6 Å². The molecule has 1 saturated carbocycles. The number of hydrogen-bond donors (Lipinski definition) is 2. The fourth-order valence-corrected chi connectivity index (χ4v) is 9.85. The molecule has 1 aromatic carbocycles. The smallest absolute Gasteiger partial charge is 0.303 e. The lowest BCUT2D eigenvalue weighted by molar-refractivity contribution is -0.138. The minimum Gasteiger partial charge on any atom is -0.507 e. The van der Waals surface area contributed by atoms with E-state index in [0.717, 1.165) is 54.9 Å². The van der Waals surface area contributed by atoms with Crippen LogP contribution in [0.2, 0.25) is 0 Å². The van der Waals surface area contributed by atoms with Gasteiger partial charge in [-0.15, -0.1) is 23.5 Å². The molecule has 2 fully saturated rings. The van der Waals surface area contributed by atoms with Crippen molar-refractivity contribution in [3.63, 3.8) is 0 Å². The molecular formula is C24H34O5S3. The number of aliphatic carboxylic acids is 1. The monoisotopic (exact) mass is 498 g/mol. The Morgan fingerprint density at radius 1 is 1.34 bits per heavy atom. The number of benzene rings is 1. The highest BCUT2D eigenvalue weighted by Crippen LogP contribution is 2.59. The van der Waals surface area contributed by atoms with Crippen molar-refractivity contribution in [3.8, 4) is 11.5 Å². The molecule has 1 aliphatic heterocycles. The zero-order valence-electron chi connectivity index (χ0n) is 18.9. The van der Waals surface area contributed by atoms with Gasteiger partial charge in [-0.05, 0) is 62.8 Å². The van der Waals surface area contributed by atoms with Crippen LogP contribution in [-0.2, 0) is 11.2 Å². The number of ketones is 1. The molecule has 32 heavy (non-hydrogen) atoms. The molecule has 0 aromatic heterocycles. The van der Waals surface area contributed by atoms with Crippen LogP contribution in [0.3, 0.4) is 0 Å². The quantitative estimate of drug-likeness (QED) is 0.273. The highest BCUT2D eigenvalue weighted by Gasteiger charge is 2.46. The van der Waals surface area contributed by atoms with Crippen molar-refractivity contribution in [3.05, 3.63) is 23.3 Å². The molecule has 2 N–H and O–H groups in total. The number of ether oxygens (including phenoxy) is 1. The third kappa shape index (κ3) is 6.76. The second kappa shape index (κ2) is 11.9. The Morgan fingerprint density at radius 2 is 2.16 bits per heavy atom. The average molecular weight is 499 g/mol. The van der Waals surface area contributed by atoms with Gasteiger partial charge in [-0.3, -0.25) is 9.59 Å². The molecule has 1 saturated heterocycles. The first kappa shape index (κ1) is 25.6. The van der Waals surface area contributed by atoms with Crippen LogP contribution in [0.5, 0.6) is 11.5 Å². The Hall–Kier alpha value is -0.990. The molecule has 178 valence electrons. The molecule has 2 aliphatic rings. The number of rotatable bonds is 12. The molecule has 3 unspecified atom stereocenters. The van der Waals surface area contributed by atoms with E-state index in [0.29, 0.717) is 41.9 Å². The SMILES string of the molecule is CCCc1c(OCCCSCC2CSC3(CCC(CC(=O)O)C3)S2)ccc(C(C)=O)c1O. The van der Waals surface area contributed by atoms with Gasteiger partial charge >= 0.3 is 5.97 Å². The summed E-state index contributed by atoms with van der Waals surface area (Å²) in [5.41, 5.74) is 1.09. The van der Waals surface area contributed by atoms with Gasteiger partial charge in [0.25, 0.3) is 0 Å². The van der Waals surface area contributed by atoms with E-state index in [2.05, 4.69) is 23.5 Å². The number of aromatic hydroxyl groups is 1. The maximum Gasteiger partial charge on any atom is 0.303 e. The van der Waals surface area contributed by atoms with Crippen LogP contribution in [0.15, 0.2) is 12.1 Å². The lowest BCUT2D eigenvalue weighted by atomic mass is 10.0. The van der Waals surface area contributed by atoms with Crippen molar-refractivity contribution in [1.82, 2.24) is 0 Å². The van der Waals surface area contributed by atoms with Crippen molar-refractivity contribution in [1.29, 1.82) is 0 Å². The number of phenolic OH excluding ortho intramolecular Hbond substituents is 1. The van der Waals surface area contributed by atoms with E-state index >= 15 is 0 Å². The summed E-state index contributed by atoms with van der Waals surface area (Å²) in [4.78, 5) is 22.7. The lowest BCUT2D eigenvalue weighted by Gasteiger charge is -2.22. The fourth-order valence-electron chi connectivity index (χ4n) is 4.51. The number of carbonyl (C=O) groups excluding carboxylic acids is 1. The zero-order valence-corrected chi connectivity index (χ0v) is 21.4. The van der Waals surface area contributed by atoms with Crippen LogP contribution in [0.1, 0.15) is 68.3 Å². The molecule has 1 aromatic rings. The molecule has 3 atom stereocenters. The van der Waals surface area contributed by atoms with E-state index in [9.17, 15) is 14.7 Å². The third-order valence-electron chi connectivity index (χ3n) is 6.02. The summed E-state index contributed by atoms with van der Waals surface area (Å²) in [6, 6.07) is 3.45. The van der Waals surface area contributed by atoms with Gasteiger partial charge in [0, 0.05) is 28.7 Å². The van der Waals surface area contributed by atoms with Gasteiger partial charge in [0.05, 0.1) is 16.2 Å². The van der Waals surface area contributed by atoms with Crippen molar-refractivity contribution < 1.29 is 24.5 Å². The molecule has 0 bridgehead atoms. The molecule has 0 amide bonds. The third-order valence-corrected chi connectivity index (χ3v) is 11.2. The summed E-state index contributed by atoms with van der Waals surface area (Å²) in [6.07, 6.45) is 6.04. The number of carbonyl (C=O) groups is 2. The minimum absolute atomic E-state index is 0.0634. The van der Waals surface area contributed by atoms with Gasteiger partial charge in [0.15, 0.2) is 5.78 Å². The average Bonchev–Trinajstić information content (AvgIpc) is 3.32. The van der Waals surface area contributed by atoms with Gasteiger partial charge in [-0.2, -0.15) is 11.8 Å². The Morgan fingerprint density at radius 3 is 2.88 bits per heavy atom. The first-order valence-corrected chi connectivity index (χ1v) is 14.5. The first-order valence-electron chi connectivity index (χ1n) is 11.4. The molecule has 0 radical (unpaired) electrons. The fraction of sp³-hybridized carbons (Fsp3) is 0.667. The van der Waals surface area contributed by atoms with Crippen LogP contribution < -0.4 is 4.74 Å². The van der Waals surface area contributed by atoms with Gasteiger partial charge in [-0.1, -0.05) is 13.3 Å². The summed E-state index contributed by atoms with van der Waals surface area (Å²) in [5, 5.41) is 20.1. The predicted octanol–water partition coefficient (Wildman–Crippen LogP) is 5.87. The Labute approximate surface area is 203 Å². The number of carboxylic acids is 1. The predicted molar refractivity (Wildman–Crippen MR) is 136 cm³/mol. The summed E-state index contributed by atoms with van der Waals surface area (Å²) in [5.74, 6) is 3.60. The summed E-state index contributed by atoms with van der Waals surface area (Å²) in [6.45, 7) is 4.10. The molecular weight excluding hydrogens is 464 g/mol. The highest BCUT2D eigenvalue weighted by molar-refractivity contribution is 8.22. The van der Waals surface area contributed by atoms with Crippen LogP contribution in [0.4, 0.5) is 0 Å². The van der Waals surface area contributed by atoms with E-state index in [1.54, 1.807) is 12.1 Å². The van der Waals surface area contributed by atoms with Crippen LogP contribution in [-0.4, -0.2) is 55.2 Å². The lowest BCUT2D eigenvalue weighted by Crippen LogP contribution is -2.14. The number of phenols is 1. The van der Waals surface area contributed by atoms with Gasteiger partial charge in [0.2, 0.25) is 0 Å². The first-order chi connectivity index (χ1) is 15.3. The molecule has 8 heteroatoms. The number of hydrogen-bond acceptors (Lipinski definition) is 7. The normalized spacial score (nSPS) is 24.8. The topological polar surface area (TPSA) is 83.8 Å². The van der Waals surface area contributed by atoms with Crippen molar-refractivity contribution >= 4 is 47.0 Å². The standard InChI is InChI=1S/C24H34O5S3/c1-3-5-20-21(7-6-19(16(2)25)23(20)28)29-10-4-11-30-14-18-15-31-24(32-18)9-8-17(13-24)12-22(26)27/h6-7,17-18,28H,3-5,8-15H2,1-2H3,(H,26,27). The highest BCUT2D eigenvalue weighted by atomic mass is 32.2. The molecule has 1 spiro atoms. The Kier molecular flexibility index (Phi) is 9.56. The van der Waals surface area contributed by atoms with Crippen LogP contribution in [0.25, 0.3) is 0 Å². The van der Waals surface area contributed by atoms with Gasteiger partial charge in [-0.25, -0.2) is 0 Å². The van der Waals surface area contributed by atoms with E-state index < -0.39 is 5.97 Å². The number of thioether (sulfide) groups is 3. The summed E-state index contributed by atoms with van der Waals surface area (Å²) < 4.78 is 6.22. The van der Waals surface area contributed by atoms with Crippen molar-refractivity contribution in [2.24, 2.45) is 5.92 Å². The van der Waals surface area contributed by atoms with Crippen molar-refractivity contribution in [2.45, 2.75) is 68.1 Å². The van der Waals surface area contributed by atoms with E-state index in [1.807, 2.05) is 18.7 Å². The van der Waals surface area contributed by atoms with E-state index in [1.165, 1.54) is 6.92 Å². The second-order valence-electron chi connectivity index (χ2n) is 8.69. The number of carboxylic acid groups (broad SMARTS) is 1. The maximum atomic E-state index is 11.7. The molecule has 1 heterocycles. The van der Waals surface area contributed by atoms with Crippen molar-refractivity contribution in [2.75, 3.05) is 23.9 Å². The Bertz CT molecular complexity index is 815. The molecule has 5 nitrogen and oxygen atoms in total. The number of Topliss-reactive ketones (excluding diaryl/α,β-unsaturated/α-hetero) is 1. The molecule has 1 aliphatic carbocycles. The van der Waals surface area contributed by atoms with Gasteiger partial charge < -0.3 is 14.9 Å².